The Balaban J connectivity index is 3.22. The number of hydrogen-bond donors (Lipinski definition) is 1. The van der Waals surface area contributed by atoms with Crippen LogP contribution in [-0.4, -0.2) is 27.5 Å². The van der Waals surface area contributed by atoms with E-state index in [0.29, 0.717) is 0 Å². The molecule has 0 heterocycles. The molecule has 1 rings (SSSR count). The number of nitrogens with one attached hydrogen (secondary N) is 1. The van der Waals surface area contributed by atoms with Gasteiger partial charge >= 0.3 is 12.4 Å². The molecule has 0 unspecified atom stereocenters. The van der Waals surface area contributed by atoms with Crippen molar-refractivity contribution in [2.75, 3.05) is 5.32 Å². The van der Waals surface area contributed by atoms with E-state index in [4.69, 9.17) is 0 Å². The molecular formula is C10H4Br2F6N2O3. The summed E-state index contributed by atoms with van der Waals surface area (Å²) in [5.41, 5.74) is -0.982. The number of nitro groups is 1. The van der Waals surface area contributed by atoms with Gasteiger partial charge in [0, 0.05) is 16.6 Å². The van der Waals surface area contributed by atoms with Crippen molar-refractivity contribution in [2.24, 2.45) is 0 Å². The number of alkyl halides is 7. The summed E-state index contributed by atoms with van der Waals surface area (Å²) in [6, 6.07) is 2.41. The number of halogens is 8. The van der Waals surface area contributed by atoms with Crippen LogP contribution in [0.3, 0.4) is 0 Å². The molecule has 5 nitrogen and oxygen atoms in total. The van der Waals surface area contributed by atoms with Crippen molar-refractivity contribution < 1.29 is 36.1 Å². The summed E-state index contributed by atoms with van der Waals surface area (Å²) in [4.78, 5) is 21.2. The highest BCUT2D eigenvalue weighted by Gasteiger charge is 2.74. The lowest BCUT2D eigenvalue weighted by Gasteiger charge is -2.30. The van der Waals surface area contributed by atoms with Gasteiger partial charge in [-0.05, 0) is 22.0 Å². The van der Waals surface area contributed by atoms with Crippen LogP contribution in [0.25, 0.3) is 0 Å². The molecule has 0 aliphatic heterocycles. The van der Waals surface area contributed by atoms with Gasteiger partial charge in [-0.1, -0.05) is 15.9 Å². The van der Waals surface area contributed by atoms with Gasteiger partial charge in [-0.25, -0.2) is 0 Å². The number of rotatable bonds is 3. The lowest BCUT2D eigenvalue weighted by molar-refractivity contribution is -0.384. The molecule has 0 saturated heterocycles. The SMILES string of the molecule is O=C(Nc1ccc([N+](=O)[O-])cc1Br)C(Br)(C(F)(F)F)C(F)(F)F. The second-order valence-electron chi connectivity index (χ2n) is 4.03. The van der Waals surface area contributed by atoms with Gasteiger partial charge in [0.05, 0.1) is 10.6 Å². The number of hydrogen-bond acceptors (Lipinski definition) is 3. The molecule has 23 heavy (non-hydrogen) atoms. The average molecular weight is 474 g/mol. The van der Waals surface area contributed by atoms with Crippen LogP contribution in [0.2, 0.25) is 0 Å². The lowest BCUT2D eigenvalue weighted by Crippen LogP contribution is -2.59. The van der Waals surface area contributed by atoms with Gasteiger partial charge in [0.15, 0.2) is 0 Å². The number of non-ortho nitro benzene ring substituents is 1. The lowest BCUT2D eigenvalue weighted by atomic mass is 10.1. The zero-order valence-electron chi connectivity index (χ0n) is 10.4. The second kappa shape index (κ2) is 6.26. The predicted molar refractivity (Wildman–Crippen MR) is 73.2 cm³/mol. The zero-order chi connectivity index (χ0) is 18.2. The Bertz CT molecular complexity index is 632. The summed E-state index contributed by atoms with van der Waals surface area (Å²) in [5, 5.41) is 11.9. The Morgan fingerprint density at radius 2 is 1.61 bits per heavy atom. The first-order valence-corrected chi connectivity index (χ1v) is 6.88. The Kier molecular flexibility index (Phi) is 5.36. The first kappa shape index (κ1) is 19.7. The number of benzene rings is 1. The van der Waals surface area contributed by atoms with Crippen LogP contribution in [-0.2, 0) is 4.79 Å². The molecule has 13 heteroatoms. The van der Waals surface area contributed by atoms with E-state index < -0.39 is 38.9 Å². The first-order valence-electron chi connectivity index (χ1n) is 5.29. The Labute approximate surface area is 140 Å². The molecule has 1 aromatic carbocycles. The normalized spacial score (nSPS) is 12.9. The zero-order valence-corrected chi connectivity index (χ0v) is 13.6. The average Bonchev–Trinajstić information content (AvgIpc) is 2.36. The predicted octanol–water partition coefficient (Wildman–Crippen LogP) is 4.55. The fourth-order valence-corrected chi connectivity index (χ4v) is 1.91. The summed E-state index contributed by atoms with van der Waals surface area (Å²) >= 11 is 4.14. The number of carbonyl (C=O) groups excluding carboxylic acids is 1. The molecule has 0 aliphatic rings. The van der Waals surface area contributed by atoms with E-state index >= 15 is 0 Å². The monoisotopic (exact) mass is 472 g/mol. The topological polar surface area (TPSA) is 72.2 Å². The Morgan fingerprint density at radius 3 is 1.96 bits per heavy atom. The molecule has 0 spiro atoms. The smallest absolute Gasteiger partial charge is 0.323 e. The van der Waals surface area contributed by atoms with E-state index in [1.807, 2.05) is 0 Å². The van der Waals surface area contributed by atoms with Gasteiger partial charge < -0.3 is 5.32 Å². The fourth-order valence-electron chi connectivity index (χ4n) is 1.35. The van der Waals surface area contributed by atoms with Gasteiger partial charge in [-0.3, -0.25) is 14.9 Å². The highest BCUT2D eigenvalue weighted by Crippen LogP contribution is 2.50. The van der Waals surface area contributed by atoms with Crippen LogP contribution in [0.5, 0.6) is 0 Å². The number of amides is 1. The summed E-state index contributed by atoms with van der Waals surface area (Å²) in [6.45, 7) is 0. The van der Waals surface area contributed by atoms with E-state index in [9.17, 15) is 41.3 Å². The Morgan fingerprint density at radius 1 is 1.13 bits per heavy atom. The van der Waals surface area contributed by atoms with Gasteiger partial charge in [-0.2, -0.15) is 26.3 Å². The third kappa shape index (κ3) is 3.76. The summed E-state index contributed by atoms with van der Waals surface area (Å²) in [5.74, 6) is -2.44. The van der Waals surface area contributed by atoms with Crippen LogP contribution >= 0.6 is 31.9 Å². The maximum atomic E-state index is 12.7. The molecule has 0 saturated carbocycles. The highest BCUT2D eigenvalue weighted by atomic mass is 79.9. The molecule has 0 radical (unpaired) electrons. The van der Waals surface area contributed by atoms with Gasteiger partial charge in [0.2, 0.25) is 0 Å². The number of nitrogens with zero attached hydrogens (tertiary/aromatic N) is 1. The molecule has 0 bridgehead atoms. The van der Waals surface area contributed by atoms with Gasteiger partial charge in [0.1, 0.15) is 0 Å². The van der Waals surface area contributed by atoms with Crippen LogP contribution in [0.1, 0.15) is 0 Å². The molecular weight excluding hydrogens is 470 g/mol. The van der Waals surface area contributed by atoms with E-state index in [1.165, 1.54) is 21.2 Å². The maximum Gasteiger partial charge on any atom is 0.421 e. The quantitative estimate of drug-likeness (QED) is 0.303. The van der Waals surface area contributed by atoms with Crippen molar-refractivity contribution in [1.29, 1.82) is 0 Å². The largest absolute Gasteiger partial charge is 0.421 e. The van der Waals surface area contributed by atoms with E-state index in [-0.39, 0.29) is 4.47 Å². The van der Waals surface area contributed by atoms with E-state index in [2.05, 4.69) is 15.9 Å². The first-order chi connectivity index (χ1) is 10.2. The van der Waals surface area contributed by atoms with Gasteiger partial charge in [0.25, 0.3) is 15.9 Å². The van der Waals surface area contributed by atoms with Crippen LogP contribution in [0.4, 0.5) is 37.7 Å². The number of carbonyl (C=O) groups is 1. The molecule has 0 aromatic heterocycles. The van der Waals surface area contributed by atoms with Crippen LogP contribution in [0, 0.1) is 10.1 Å². The van der Waals surface area contributed by atoms with E-state index in [1.54, 1.807) is 0 Å². The van der Waals surface area contributed by atoms with Crippen molar-refractivity contribution in [3.63, 3.8) is 0 Å². The summed E-state index contributed by atoms with van der Waals surface area (Å²) in [7, 11) is 0. The minimum absolute atomic E-state index is 0.265. The van der Waals surface area contributed by atoms with Crippen molar-refractivity contribution in [3.8, 4) is 0 Å². The minimum atomic E-state index is -5.97. The third-order valence-electron chi connectivity index (χ3n) is 2.51. The van der Waals surface area contributed by atoms with Crippen molar-refractivity contribution in [2.45, 2.75) is 16.7 Å². The molecule has 0 fully saturated rings. The molecule has 1 N–H and O–H groups in total. The summed E-state index contributed by atoms with van der Waals surface area (Å²) in [6.07, 6.45) is -11.9. The fraction of sp³-hybridized carbons (Fsp3) is 0.300. The van der Waals surface area contributed by atoms with Crippen LogP contribution in [0.15, 0.2) is 22.7 Å². The number of anilines is 1. The second-order valence-corrected chi connectivity index (χ2v) is 6.07. The molecule has 1 aromatic rings. The van der Waals surface area contributed by atoms with Crippen LogP contribution < -0.4 is 5.32 Å². The van der Waals surface area contributed by atoms with E-state index in [0.717, 1.165) is 18.2 Å². The third-order valence-corrected chi connectivity index (χ3v) is 4.42. The number of nitro benzene ring substituents is 1. The molecule has 1 amide bonds. The van der Waals surface area contributed by atoms with Crippen molar-refractivity contribution in [3.05, 3.63) is 32.8 Å². The maximum absolute atomic E-state index is 12.7. The molecule has 128 valence electrons. The van der Waals surface area contributed by atoms with Crippen molar-refractivity contribution >= 4 is 49.1 Å². The standard InChI is InChI=1S/C10H4Br2F6N2O3/c11-5-3-4(20(22)23)1-2-6(5)19-7(21)8(12,9(13,14)15)10(16,17)18/h1-3H,(H,19,21). The molecule has 0 atom stereocenters. The van der Waals surface area contributed by atoms with Crippen molar-refractivity contribution in [1.82, 2.24) is 0 Å². The van der Waals surface area contributed by atoms with Gasteiger partial charge in [-0.15, -0.1) is 0 Å². The minimum Gasteiger partial charge on any atom is -0.323 e. The molecule has 0 aliphatic carbocycles. The highest BCUT2D eigenvalue weighted by molar-refractivity contribution is 9.10. The summed E-state index contributed by atoms with van der Waals surface area (Å²) < 4.78 is 71.1. The Hall–Kier alpha value is -1.37.